The first-order valence-electron chi connectivity index (χ1n) is 7.37. The van der Waals surface area contributed by atoms with E-state index in [9.17, 15) is 12.8 Å². The Labute approximate surface area is 140 Å². The fourth-order valence-corrected chi connectivity index (χ4v) is 3.19. The van der Waals surface area contributed by atoms with E-state index in [2.05, 4.69) is 31.0 Å². The fourth-order valence-electron chi connectivity index (χ4n) is 2.73. The fraction of sp³-hybridized carbons (Fsp3) is 0.167. The molecule has 0 saturated carbocycles. The quantitative estimate of drug-likeness (QED) is 0.928. The van der Waals surface area contributed by atoms with Gasteiger partial charge < -0.3 is 0 Å². The van der Waals surface area contributed by atoms with Gasteiger partial charge in [-0.2, -0.15) is 0 Å². The molecule has 124 valence electrons. The molecule has 1 aromatic carbocycles. The average Bonchev–Trinajstić information content (AvgIpc) is 2.83. The van der Waals surface area contributed by atoms with Gasteiger partial charge in [0.1, 0.15) is 10.7 Å². The Morgan fingerprint density at radius 1 is 1.00 bits per heavy atom. The summed E-state index contributed by atoms with van der Waals surface area (Å²) in [6, 6.07) is 9.33. The van der Waals surface area contributed by atoms with Crippen LogP contribution >= 0.6 is 0 Å². The summed E-state index contributed by atoms with van der Waals surface area (Å²) >= 11 is 0. The third-order valence-electron chi connectivity index (χ3n) is 3.82. The molecule has 3 rings (SSSR count). The number of pyridine rings is 1. The van der Waals surface area contributed by atoms with Crippen molar-refractivity contribution in [2.75, 3.05) is 0 Å². The number of rotatable bonds is 3. The number of nitrogens with zero attached hydrogens (tertiary/aromatic N) is 1. The number of primary sulfonamides is 1. The maximum Gasteiger partial charge on any atom is 0.239 e. The Kier molecular flexibility index (Phi) is 3.89. The summed E-state index contributed by atoms with van der Waals surface area (Å²) in [5, 5.41) is 5.11. The van der Waals surface area contributed by atoms with E-state index in [0.717, 1.165) is 16.7 Å². The van der Waals surface area contributed by atoms with E-state index in [0.29, 0.717) is 5.69 Å². The van der Waals surface area contributed by atoms with Crippen LogP contribution in [0, 0.1) is 11.2 Å². The van der Waals surface area contributed by atoms with Crippen molar-refractivity contribution in [3.05, 3.63) is 71.8 Å². The van der Waals surface area contributed by atoms with Crippen LogP contribution in [0.4, 0.5) is 4.39 Å². The highest BCUT2D eigenvalue weighted by atomic mass is 32.2. The van der Waals surface area contributed by atoms with Crippen molar-refractivity contribution in [1.29, 1.82) is 0 Å². The van der Waals surface area contributed by atoms with E-state index < -0.39 is 10.0 Å². The molecule has 0 aliphatic heterocycles. The largest absolute Gasteiger partial charge is 0.255 e. The molecule has 1 aliphatic rings. The van der Waals surface area contributed by atoms with Gasteiger partial charge in [0, 0.05) is 17.2 Å². The Morgan fingerprint density at radius 3 is 2.17 bits per heavy atom. The third-order valence-corrected chi connectivity index (χ3v) is 4.72. The van der Waals surface area contributed by atoms with Crippen molar-refractivity contribution in [3.63, 3.8) is 0 Å². The van der Waals surface area contributed by atoms with Gasteiger partial charge in [0.05, 0.1) is 5.69 Å². The molecule has 0 spiro atoms. The van der Waals surface area contributed by atoms with E-state index >= 15 is 0 Å². The van der Waals surface area contributed by atoms with E-state index in [1.807, 2.05) is 0 Å². The predicted molar refractivity (Wildman–Crippen MR) is 91.7 cm³/mol. The molecule has 0 bridgehead atoms. The molecule has 0 radical (unpaired) electrons. The zero-order valence-electron chi connectivity index (χ0n) is 13.3. The Hall–Kier alpha value is -2.31. The molecule has 4 nitrogen and oxygen atoms in total. The summed E-state index contributed by atoms with van der Waals surface area (Å²) < 4.78 is 35.9. The number of aromatic nitrogens is 1. The molecule has 1 aromatic heterocycles. The van der Waals surface area contributed by atoms with Gasteiger partial charge in [0.2, 0.25) is 10.0 Å². The zero-order chi connectivity index (χ0) is 17.5. The number of halogens is 1. The molecule has 0 fully saturated rings. The topological polar surface area (TPSA) is 73.1 Å². The van der Waals surface area contributed by atoms with Crippen LogP contribution in [0.2, 0.25) is 0 Å². The van der Waals surface area contributed by atoms with Gasteiger partial charge in [-0.1, -0.05) is 38.1 Å². The second-order valence-corrected chi connectivity index (χ2v) is 7.93. The molecule has 1 aliphatic carbocycles. The molecule has 0 amide bonds. The minimum Gasteiger partial charge on any atom is -0.255 e. The van der Waals surface area contributed by atoms with Crippen molar-refractivity contribution in [2.24, 2.45) is 10.6 Å². The number of benzene rings is 1. The van der Waals surface area contributed by atoms with Crippen LogP contribution in [0.3, 0.4) is 0 Å². The lowest BCUT2D eigenvalue weighted by molar-refractivity contribution is 0.597. The third kappa shape index (κ3) is 3.29. The lowest BCUT2D eigenvalue weighted by Gasteiger charge is -2.09. The highest BCUT2D eigenvalue weighted by molar-refractivity contribution is 7.89. The standard InChI is InChI=1S/C18H17FN2O2S/c1-18(2)9-15(12-3-5-13(19)6-4-12)16(10-18)17-8-7-14(11-21-17)24(20,22)23/h3-11H,1-2H3,(H2,20,22,23). The van der Waals surface area contributed by atoms with Gasteiger partial charge in [-0.05, 0) is 35.4 Å². The molecule has 6 heteroatoms. The molecule has 0 saturated heterocycles. The second kappa shape index (κ2) is 5.65. The lowest BCUT2D eigenvalue weighted by Crippen LogP contribution is -2.12. The minimum atomic E-state index is -3.77. The van der Waals surface area contributed by atoms with Crippen molar-refractivity contribution in [1.82, 2.24) is 4.98 Å². The smallest absolute Gasteiger partial charge is 0.239 e. The van der Waals surface area contributed by atoms with Crippen molar-refractivity contribution < 1.29 is 12.8 Å². The molecule has 2 aromatic rings. The highest BCUT2D eigenvalue weighted by Crippen LogP contribution is 2.43. The van der Waals surface area contributed by atoms with Crippen LogP contribution in [-0.2, 0) is 10.0 Å². The molecular formula is C18H17FN2O2S. The van der Waals surface area contributed by atoms with Crippen molar-refractivity contribution in [3.8, 4) is 0 Å². The summed E-state index contributed by atoms with van der Waals surface area (Å²) in [7, 11) is -3.77. The van der Waals surface area contributed by atoms with Gasteiger partial charge in [0.15, 0.2) is 0 Å². The van der Waals surface area contributed by atoms with Crippen molar-refractivity contribution >= 4 is 21.2 Å². The first-order chi connectivity index (χ1) is 11.2. The van der Waals surface area contributed by atoms with Gasteiger partial charge in [-0.15, -0.1) is 0 Å². The summed E-state index contributed by atoms with van der Waals surface area (Å²) in [5.41, 5.74) is 3.16. The first kappa shape index (κ1) is 16.5. The summed E-state index contributed by atoms with van der Waals surface area (Å²) in [5.74, 6) is -0.294. The van der Waals surface area contributed by atoms with E-state index in [4.69, 9.17) is 5.14 Å². The van der Waals surface area contributed by atoms with E-state index in [-0.39, 0.29) is 16.1 Å². The SMILES string of the molecule is CC1(C)C=C(c2ccc(F)cc2)C(c2ccc(S(N)(=O)=O)cn2)=C1. The minimum absolute atomic E-state index is 0.0311. The van der Waals surface area contributed by atoms with Gasteiger partial charge in [0.25, 0.3) is 0 Å². The summed E-state index contributed by atoms with van der Waals surface area (Å²) in [6.45, 7) is 4.12. The van der Waals surface area contributed by atoms with Crippen LogP contribution in [-0.4, -0.2) is 13.4 Å². The Bertz CT molecular complexity index is 942. The van der Waals surface area contributed by atoms with Gasteiger partial charge in [-0.25, -0.2) is 17.9 Å². The van der Waals surface area contributed by atoms with Crippen LogP contribution in [0.15, 0.2) is 59.6 Å². The second-order valence-electron chi connectivity index (χ2n) is 6.37. The van der Waals surface area contributed by atoms with Gasteiger partial charge >= 0.3 is 0 Å². The zero-order valence-corrected chi connectivity index (χ0v) is 14.1. The number of sulfonamides is 1. The molecule has 2 N–H and O–H groups in total. The molecule has 24 heavy (non-hydrogen) atoms. The maximum atomic E-state index is 13.2. The Balaban J connectivity index is 2.05. The number of nitrogens with two attached hydrogens (primary N) is 1. The maximum absolute atomic E-state index is 13.2. The predicted octanol–water partition coefficient (Wildman–Crippen LogP) is 3.37. The normalized spacial score (nSPS) is 16.7. The van der Waals surface area contributed by atoms with Crippen LogP contribution < -0.4 is 5.14 Å². The van der Waals surface area contributed by atoms with E-state index in [1.165, 1.54) is 24.4 Å². The number of allylic oxidation sites excluding steroid dienone is 4. The van der Waals surface area contributed by atoms with Crippen LogP contribution in [0.1, 0.15) is 25.1 Å². The summed E-state index contributed by atoms with van der Waals surface area (Å²) in [6.07, 6.45) is 5.40. The molecule has 1 heterocycles. The summed E-state index contributed by atoms with van der Waals surface area (Å²) in [4.78, 5) is 4.21. The molecular weight excluding hydrogens is 327 g/mol. The number of hydrogen-bond acceptors (Lipinski definition) is 3. The average molecular weight is 344 g/mol. The van der Waals surface area contributed by atoms with E-state index in [1.54, 1.807) is 18.2 Å². The van der Waals surface area contributed by atoms with Gasteiger partial charge in [-0.3, -0.25) is 4.98 Å². The van der Waals surface area contributed by atoms with Crippen LogP contribution in [0.25, 0.3) is 11.1 Å². The molecule has 0 unspecified atom stereocenters. The van der Waals surface area contributed by atoms with Crippen LogP contribution in [0.5, 0.6) is 0 Å². The highest BCUT2D eigenvalue weighted by Gasteiger charge is 2.26. The lowest BCUT2D eigenvalue weighted by atomic mass is 9.95. The molecule has 0 atom stereocenters. The Morgan fingerprint density at radius 2 is 1.62 bits per heavy atom. The van der Waals surface area contributed by atoms with Crippen molar-refractivity contribution in [2.45, 2.75) is 18.7 Å². The number of hydrogen-bond donors (Lipinski definition) is 1. The first-order valence-corrected chi connectivity index (χ1v) is 8.92. The monoisotopic (exact) mass is 344 g/mol.